The third kappa shape index (κ3) is 2.90. The molecule has 0 aromatic heterocycles. The first-order valence-corrected chi connectivity index (χ1v) is 4.73. The fraction of sp³-hybridized carbons (Fsp3) is 0.222. The Morgan fingerprint density at radius 3 is 2.77 bits per heavy atom. The minimum atomic E-state index is -0.429. The van der Waals surface area contributed by atoms with Crippen LogP contribution in [0.25, 0.3) is 0 Å². The number of halogens is 2. The zero-order valence-electron chi connectivity index (χ0n) is 6.80. The number of carbonyl (C=O) groups is 1. The number of hydrogen-bond acceptors (Lipinski definition) is 2. The van der Waals surface area contributed by atoms with E-state index in [1.807, 2.05) is 6.07 Å². The van der Waals surface area contributed by atoms with Gasteiger partial charge in [-0.25, -0.2) is 4.79 Å². The van der Waals surface area contributed by atoms with Crippen molar-refractivity contribution < 1.29 is 9.53 Å². The van der Waals surface area contributed by atoms with Gasteiger partial charge in [-0.15, -0.1) is 11.6 Å². The average molecular weight is 219 g/mol. The number of carbonyl (C=O) groups excluding carboxylic acids is 1. The number of hydrogen-bond donors (Lipinski definition) is 0. The van der Waals surface area contributed by atoms with Crippen LogP contribution in [0.1, 0.15) is 15.9 Å². The highest BCUT2D eigenvalue weighted by Crippen LogP contribution is 2.09. The zero-order valence-corrected chi connectivity index (χ0v) is 8.31. The fourth-order valence-electron chi connectivity index (χ4n) is 0.914. The lowest BCUT2D eigenvalue weighted by molar-refractivity contribution is 0.0574. The Kier molecular flexibility index (Phi) is 4.06. The lowest BCUT2D eigenvalue weighted by Gasteiger charge is -2.01. The lowest BCUT2D eigenvalue weighted by atomic mass is 10.1. The van der Waals surface area contributed by atoms with Gasteiger partial charge in [-0.2, -0.15) is 0 Å². The second-order valence-electron chi connectivity index (χ2n) is 2.37. The Labute approximate surface area is 86.4 Å². The van der Waals surface area contributed by atoms with E-state index >= 15 is 0 Å². The van der Waals surface area contributed by atoms with Gasteiger partial charge in [0, 0.05) is 5.88 Å². The Bertz CT molecular complexity index is 299. The van der Waals surface area contributed by atoms with Crippen molar-refractivity contribution >= 4 is 29.2 Å². The maximum Gasteiger partial charge on any atom is 0.339 e. The lowest BCUT2D eigenvalue weighted by Crippen LogP contribution is -2.03. The monoisotopic (exact) mass is 218 g/mol. The normalized spacial score (nSPS) is 9.69. The molecule has 0 aliphatic heterocycles. The van der Waals surface area contributed by atoms with Crippen molar-refractivity contribution in [2.75, 3.05) is 6.07 Å². The van der Waals surface area contributed by atoms with E-state index in [2.05, 4.69) is 4.74 Å². The summed E-state index contributed by atoms with van der Waals surface area (Å²) in [6, 6.07) is 6.80. The Hall–Kier alpha value is -0.730. The molecule has 0 saturated heterocycles. The van der Waals surface area contributed by atoms with Crippen LogP contribution in [0.3, 0.4) is 0 Å². The average Bonchev–Trinajstić information content (AvgIpc) is 2.18. The van der Waals surface area contributed by atoms with Gasteiger partial charge >= 0.3 is 5.97 Å². The summed E-state index contributed by atoms with van der Waals surface area (Å²) in [5, 5.41) is 0. The molecule has 0 saturated carbocycles. The third-order valence-corrected chi connectivity index (χ3v) is 1.92. The smallest absolute Gasteiger partial charge is 0.339 e. The molecule has 1 aromatic carbocycles. The Morgan fingerprint density at radius 2 is 2.15 bits per heavy atom. The van der Waals surface area contributed by atoms with Crippen molar-refractivity contribution in [2.24, 2.45) is 0 Å². The van der Waals surface area contributed by atoms with Crippen LogP contribution in [0.2, 0.25) is 0 Å². The standard InChI is InChI=1S/C9H8Cl2O2/c10-5-7-2-1-3-8(4-7)9(12)13-6-11/h1-4H,5-6H2. The van der Waals surface area contributed by atoms with Crippen molar-refractivity contribution in [1.82, 2.24) is 0 Å². The van der Waals surface area contributed by atoms with E-state index in [9.17, 15) is 4.79 Å². The number of esters is 1. The fourth-order valence-corrected chi connectivity index (χ4v) is 1.18. The highest BCUT2D eigenvalue weighted by molar-refractivity contribution is 6.18. The summed E-state index contributed by atoms with van der Waals surface area (Å²) in [7, 11) is 0. The van der Waals surface area contributed by atoms with E-state index in [0.29, 0.717) is 11.4 Å². The van der Waals surface area contributed by atoms with Crippen LogP contribution in [-0.4, -0.2) is 12.0 Å². The van der Waals surface area contributed by atoms with E-state index < -0.39 is 5.97 Å². The summed E-state index contributed by atoms with van der Waals surface area (Å²) in [5.41, 5.74) is 1.35. The molecule has 0 fully saturated rings. The van der Waals surface area contributed by atoms with E-state index in [1.165, 1.54) is 0 Å². The predicted octanol–water partition coefficient (Wildman–Crippen LogP) is 2.78. The van der Waals surface area contributed by atoms with Gasteiger partial charge in [0.15, 0.2) is 6.07 Å². The van der Waals surface area contributed by atoms with Gasteiger partial charge in [0.05, 0.1) is 5.56 Å². The van der Waals surface area contributed by atoms with Gasteiger partial charge < -0.3 is 4.74 Å². The molecule has 0 unspecified atom stereocenters. The van der Waals surface area contributed by atoms with Crippen LogP contribution in [0.4, 0.5) is 0 Å². The minimum Gasteiger partial charge on any atom is -0.446 e. The van der Waals surface area contributed by atoms with Gasteiger partial charge in [0.25, 0.3) is 0 Å². The molecule has 0 N–H and O–H groups in total. The predicted molar refractivity (Wildman–Crippen MR) is 52.1 cm³/mol. The Balaban J connectivity index is 2.82. The molecule has 0 spiro atoms. The molecule has 0 heterocycles. The summed E-state index contributed by atoms with van der Waals surface area (Å²) in [4.78, 5) is 11.2. The van der Waals surface area contributed by atoms with Crippen LogP contribution >= 0.6 is 23.2 Å². The molecule has 4 heteroatoms. The van der Waals surface area contributed by atoms with Gasteiger partial charge in [-0.05, 0) is 17.7 Å². The largest absolute Gasteiger partial charge is 0.446 e. The van der Waals surface area contributed by atoms with Crippen molar-refractivity contribution in [3.63, 3.8) is 0 Å². The quantitative estimate of drug-likeness (QED) is 0.577. The highest BCUT2D eigenvalue weighted by atomic mass is 35.5. The maximum absolute atomic E-state index is 11.2. The van der Waals surface area contributed by atoms with Crippen molar-refractivity contribution in [3.05, 3.63) is 35.4 Å². The van der Waals surface area contributed by atoms with Crippen LogP contribution in [0.5, 0.6) is 0 Å². The van der Waals surface area contributed by atoms with Gasteiger partial charge in [0.2, 0.25) is 0 Å². The molecule has 1 aromatic rings. The number of alkyl halides is 2. The summed E-state index contributed by atoms with van der Waals surface area (Å²) in [6.45, 7) is 0. The molecular weight excluding hydrogens is 211 g/mol. The molecule has 2 nitrogen and oxygen atoms in total. The van der Waals surface area contributed by atoms with E-state index in [0.717, 1.165) is 5.56 Å². The van der Waals surface area contributed by atoms with E-state index in [1.54, 1.807) is 18.2 Å². The highest BCUT2D eigenvalue weighted by Gasteiger charge is 2.05. The molecule has 1 rings (SSSR count). The SMILES string of the molecule is O=C(OCCl)c1cccc(CCl)c1. The molecule has 0 aliphatic carbocycles. The topological polar surface area (TPSA) is 26.3 Å². The summed E-state index contributed by atoms with van der Waals surface area (Å²) in [6.07, 6.45) is 0. The second-order valence-corrected chi connectivity index (χ2v) is 2.86. The molecular formula is C9H8Cl2O2. The first-order valence-electron chi connectivity index (χ1n) is 3.66. The van der Waals surface area contributed by atoms with Crippen LogP contribution in [-0.2, 0) is 10.6 Å². The first kappa shape index (κ1) is 10.4. The maximum atomic E-state index is 11.2. The molecule has 0 aliphatic rings. The summed E-state index contributed by atoms with van der Waals surface area (Å²) < 4.78 is 4.61. The minimum absolute atomic E-state index is 0.135. The molecule has 0 atom stereocenters. The number of ether oxygens (including phenoxy) is 1. The van der Waals surface area contributed by atoms with Gasteiger partial charge in [-0.1, -0.05) is 23.7 Å². The van der Waals surface area contributed by atoms with Gasteiger partial charge in [-0.3, -0.25) is 0 Å². The molecule has 0 bridgehead atoms. The van der Waals surface area contributed by atoms with E-state index in [4.69, 9.17) is 23.2 Å². The first-order chi connectivity index (χ1) is 6.27. The summed E-state index contributed by atoms with van der Waals surface area (Å²) in [5.74, 6) is -0.0518. The molecule has 13 heavy (non-hydrogen) atoms. The number of rotatable bonds is 3. The van der Waals surface area contributed by atoms with Crippen molar-refractivity contribution in [1.29, 1.82) is 0 Å². The molecule has 0 radical (unpaired) electrons. The molecule has 70 valence electrons. The number of benzene rings is 1. The van der Waals surface area contributed by atoms with E-state index in [-0.39, 0.29) is 6.07 Å². The van der Waals surface area contributed by atoms with Gasteiger partial charge in [0.1, 0.15) is 0 Å². The Morgan fingerprint density at radius 1 is 1.38 bits per heavy atom. The van der Waals surface area contributed by atoms with Crippen molar-refractivity contribution in [2.45, 2.75) is 5.88 Å². The van der Waals surface area contributed by atoms with Crippen LogP contribution < -0.4 is 0 Å². The van der Waals surface area contributed by atoms with Crippen LogP contribution in [0, 0.1) is 0 Å². The third-order valence-electron chi connectivity index (χ3n) is 1.50. The van der Waals surface area contributed by atoms with Crippen molar-refractivity contribution in [3.8, 4) is 0 Å². The second kappa shape index (κ2) is 5.10. The van der Waals surface area contributed by atoms with Crippen LogP contribution in [0.15, 0.2) is 24.3 Å². The zero-order chi connectivity index (χ0) is 9.68. The summed E-state index contributed by atoms with van der Waals surface area (Å²) >= 11 is 10.9. The molecule has 0 amide bonds.